The zero-order valence-corrected chi connectivity index (χ0v) is 18.2. The number of rotatable bonds is 6. The molecule has 0 atom stereocenters. The molecule has 1 aromatic rings. The number of aromatic nitrogens is 3. The number of aromatic amines is 1. The second kappa shape index (κ2) is 14.5. The standard InChI is InChI=1S/C17H25N3OS.C6H8/c1-14(7-9-17(2,3)4)12-15(13-21)20-18-10-5-6-16(22)8-11-19-20;1-3-5-6-4-2/h5-8,10-12,19,21H,9,13H2,1-4H3;3-6H,1-2H2/b6-5?,11-8?,14-7-,15-12+,18-10?;6-5-. The fourth-order valence-corrected chi connectivity index (χ4v) is 1.95. The monoisotopic (exact) mass is 399 g/mol. The molecule has 0 aliphatic rings. The van der Waals surface area contributed by atoms with Crippen molar-refractivity contribution in [1.82, 2.24) is 15.0 Å². The first-order valence-electron chi connectivity index (χ1n) is 9.09. The number of aliphatic hydroxyl groups excluding tert-OH is 1. The van der Waals surface area contributed by atoms with Gasteiger partial charge in [0.05, 0.1) is 12.3 Å². The summed E-state index contributed by atoms with van der Waals surface area (Å²) in [6.07, 6.45) is 15.5. The molecule has 4 nitrogen and oxygen atoms in total. The van der Waals surface area contributed by atoms with Crippen LogP contribution in [0.15, 0.2) is 85.8 Å². The van der Waals surface area contributed by atoms with E-state index in [1.165, 1.54) is 4.80 Å². The molecular formula is C23H33N3OS. The summed E-state index contributed by atoms with van der Waals surface area (Å²) in [6.45, 7) is 15.4. The largest absolute Gasteiger partial charge is 0.390 e. The lowest BCUT2D eigenvalue weighted by atomic mass is 9.91. The van der Waals surface area contributed by atoms with E-state index >= 15 is 0 Å². The molecule has 0 aliphatic carbocycles. The van der Waals surface area contributed by atoms with E-state index in [9.17, 15) is 5.11 Å². The molecular weight excluding hydrogens is 366 g/mol. The number of nitrogens with one attached hydrogen (secondary N) is 1. The molecule has 0 spiro atoms. The first-order chi connectivity index (χ1) is 13.2. The molecule has 0 saturated heterocycles. The molecule has 0 amide bonds. The highest BCUT2D eigenvalue weighted by atomic mass is 32.1. The van der Waals surface area contributed by atoms with Gasteiger partial charge in [-0.15, -0.1) is 0 Å². The summed E-state index contributed by atoms with van der Waals surface area (Å²) in [5, 5.41) is 16.9. The van der Waals surface area contributed by atoms with Gasteiger partial charge in [-0.25, -0.2) is 0 Å². The zero-order valence-electron chi connectivity index (χ0n) is 17.4. The molecule has 0 saturated carbocycles. The maximum atomic E-state index is 9.62. The fourth-order valence-electron chi connectivity index (χ4n) is 1.80. The van der Waals surface area contributed by atoms with Crippen molar-refractivity contribution in [2.24, 2.45) is 5.41 Å². The van der Waals surface area contributed by atoms with Crippen molar-refractivity contribution in [2.45, 2.75) is 34.1 Å². The average molecular weight is 400 g/mol. The molecule has 0 radical (unpaired) electrons. The number of H-pyrrole nitrogens is 1. The van der Waals surface area contributed by atoms with Gasteiger partial charge in [-0.3, -0.25) is 5.10 Å². The highest BCUT2D eigenvalue weighted by Gasteiger charge is 2.07. The SMILES string of the molecule is C=C/C=C\C=C.CC(=C/CC(C)(C)C)/C=C(\CO)n1ncccc(=S)cc[nH]1. The van der Waals surface area contributed by atoms with Crippen LogP contribution in [0.2, 0.25) is 0 Å². The maximum absolute atomic E-state index is 9.62. The molecule has 152 valence electrons. The van der Waals surface area contributed by atoms with Crippen molar-refractivity contribution < 1.29 is 5.11 Å². The molecule has 2 N–H and O–H groups in total. The van der Waals surface area contributed by atoms with Crippen LogP contribution < -0.4 is 0 Å². The Balaban J connectivity index is 0.00000105. The van der Waals surface area contributed by atoms with E-state index in [2.05, 4.69) is 50.2 Å². The van der Waals surface area contributed by atoms with Crippen LogP contribution in [0.3, 0.4) is 0 Å². The van der Waals surface area contributed by atoms with Crippen molar-refractivity contribution in [2.75, 3.05) is 6.61 Å². The molecule has 0 aliphatic heterocycles. The Bertz CT molecular complexity index is 793. The van der Waals surface area contributed by atoms with Crippen molar-refractivity contribution in [1.29, 1.82) is 0 Å². The van der Waals surface area contributed by atoms with Crippen LogP contribution in [0, 0.1) is 9.93 Å². The number of aliphatic hydroxyl groups is 1. The molecule has 1 heterocycles. The van der Waals surface area contributed by atoms with E-state index < -0.39 is 0 Å². The topological polar surface area (TPSA) is 53.8 Å². The first kappa shape index (κ1) is 25.5. The summed E-state index contributed by atoms with van der Waals surface area (Å²) in [5.41, 5.74) is 1.99. The molecule has 0 fully saturated rings. The summed E-state index contributed by atoms with van der Waals surface area (Å²) in [5.74, 6) is 0. The maximum Gasteiger partial charge on any atom is 0.0870 e. The van der Waals surface area contributed by atoms with Gasteiger partial charge < -0.3 is 5.11 Å². The van der Waals surface area contributed by atoms with Crippen LogP contribution in [0.1, 0.15) is 34.1 Å². The summed E-state index contributed by atoms with van der Waals surface area (Å²) in [4.78, 5) is 1.53. The van der Waals surface area contributed by atoms with E-state index in [4.69, 9.17) is 12.2 Å². The second-order valence-corrected chi connectivity index (χ2v) is 7.63. The Morgan fingerprint density at radius 2 is 1.89 bits per heavy atom. The normalized spacial score (nSPS) is 12.0. The Hall–Kier alpha value is -2.50. The molecule has 1 aromatic heterocycles. The molecule has 1 rings (SSSR count). The van der Waals surface area contributed by atoms with Crippen LogP contribution in [-0.2, 0) is 0 Å². The van der Waals surface area contributed by atoms with E-state index in [1.54, 1.807) is 42.7 Å². The van der Waals surface area contributed by atoms with Gasteiger partial charge in [0.1, 0.15) is 0 Å². The average Bonchev–Trinajstić information content (AvgIpc) is 2.74. The Morgan fingerprint density at radius 1 is 1.25 bits per heavy atom. The fraction of sp³-hybridized carbons (Fsp3) is 0.304. The molecule has 5 heteroatoms. The van der Waals surface area contributed by atoms with Gasteiger partial charge in [0, 0.05) is 16.9 Å². The molecule has 0 aromatic carbocycles. The number of hydrogen-bond donors (Lipinski definition) is 2. The minimum absolute atomic E-state index is 0.118. The lowest BCUT2D eigenvalue weighted by molar-refractivity contribution is 0.339. The van der Waals surface area contributed by atoms with Gasteiger partial charge in [0.25, 0.3) is 0 Å². The highest BCUT2D eigenvalue weighted by Crippen LogP contribution is 2.20. The van der Waals surface area contributed by atoms with Crippen LogP contribution in [-0.4, -0.2) is 26.7 Å². The van der Waals surface area contributed by atoms with Gasteiger partial charge in [0.15, 0.2) is 0 Å². The van der Waals surface area contributed by atoms with Crippen LogP contribution in [0.25, 0.3) is 5.70 Å². The van der Waals surface area contributed by atoms with E-state index in [0.717, 1.165) is 12.0 Å². The van der Waals surface area contributed by atoms with Crippen molar-refractivity contribution in [3.63, 3.8) is 0 Å². The Labute approximate surface area is 174 Å². The summed E-state index contributed by atoms with van der Waals surface area (Å²) in [7, 11) is 0. The quantitative estimate of drug-likeness (QED) is 0.442. The van der Waals surface area contributed by atoms with Gasteiger partial charge in [-0.1, -0.05) is 82.1 Å². The van der Waals surface area contributed by atoms with Gasteiger partial charge >= 0.3 is 0 Å². The number of allylic oxidation sites excluding steroid dienone is 7. The summed E-state index contributed by atoms with van der Waals surface area (Å²) >= 11 is 5.12. The molecule has 0 unspecified atom stereocenters. The lowest BCUT2D eigenvalue weighted by Gasteiger charge is -2.15. The zero-order chi connectivity index (χ0) is 21.4. The van der Waals surface area contributed by atoms with Crippen LogP contribution in [0.4, 0.5) is 0 Å². The van der Waals surface area contributed by atoms with Crippen molar-refractivity contribution in [3.8, 4) is 0 Å². The van der Waals surface area contributed by atoms with Crippen LogP contribution >= 0.6 is 12.2 Å². The lowest BCUT2D eigenvalue weighted by Crippen LogP contribution is -2.08. The van der Waals surface area contributed by atoms with Gasteiger partial charge in [0.2, 0.25) is 0 Å². The van der Waals surface area contributed by atoms with Crippen LogP contribution in [0.5, 0.6) is 0 Å². The summed E-state index contributed by atoms with van der Waals surface area (Å²) in [6, 6.07) is 5.33. The second-order valence-electron chi connectivity index (χ2n) is 7.16. The van der Waals surface area contributed by atoms with Crippen molar-refractivity contribution in [3.05, 3.63) is 90.3 Å². The van der Waals surface area contributed by atoms with E-state index in [1.807, 2.05) is 25.2 Å². The van der Waals surface area contributed by atoms with E-state index in [-0.39, 0.29) is 12.0 Å². The Kier molecular flexibility index (Phi) is 13.2. The van der Waals surface area contributed by atoms with Gasteiger partial charge in [-0.2, -0.15) is 9.90 Å². The minimum Gasteiger partial charge on any atom is -0.390 e. The highest BCUT2D eigenvalue weighted by molar-refractivity contribution is 7.71. The smallest absolute Gasteiger partial charge is 0.0870 e. The number of hydrogen-bond acceptors (Lipinski definition) is 3. The predicted molar refractivity (Wildman–Crippen MR) is 124 cm³/mol. The van der Waals surface area contributed by atoms with E-state index in [0.29, 0.717) is 10.2 Å². The molecule has 0 bridgehead atoms. The third-order valence-corrected chi connectivity index (χ3v) is 3.49. The Morgan fingerprint density at radius 3 is 2.43 bits per heavy atom. The minimum atomic E-state index is -0.118. The van der Waals surface area contributed by atoms with Crippen molar-refractivity contribution >= 4 is 17.9 Å². The van der Waals surface area contributed by atoms with Gasteiger partial charge in [-0.05, 0) is 43.0 Å². The third kappa shape index (κ3) is 13.7. The first-order valence-corrected chi connectivity index (χ1v) is 9.50. The number of nitrogens with zero attached hydrogens (tertiary/aromatic N) is 2. The third-order valence-electron chi connectivity index (χ3n) is 3.22. The summed E-state index contributed by atoms with van der Waals surface area (Å²) < 4.78 is 0.705. The predicted octanol–water partition coefficient (Wildman–Crippen LogP) is 6.20. The molecule has 28 heavy (non-hydrogen) atoms.